The summed E-state index contributed by atoms with van der Waals surface area (Å²) >= 11 is 5.58. The van der Waals surface area contributed by atoms with E-state index >= 15 is 0 Å². The molecule has 1 aromatic heterocycles. The van der Waals surface area contributed by atoms with Crippen molar-refractivity contribution in [1.29, 1.82) is 0 Å². The van der Waals surface area contributed by atoms with Crippen LogP contribution in [-0.4, -0.2) is 17.6 Å². The van der Waals surface area contributed by atoms with Crippen LogP contribution in [0.25, 0.3) is 0 Å². The van der Waals surface area contributed by atoms with Crippen LogP contribution in [0.1, 0.15) is 28.6 Å². The van der Waals surface area contributed by atoms with Gasteiger partial charge in [0.25, 0.3) is 5.91 Å². The van der Waals surface area contributed by atoms with Gasteiger partial charge in [-0.25, -0.2) is 0 Å². The van der Waals surface area contributed by atoms with E-state index in [4.69, 9.17) is 16.0 Å². The second-order valence-electron chi connectivity index (χ2n) is 4.07. The lowest BCUT2D eigenvalue weighted by atomic mass is 10.1. The minimum absolute atomic E-state index is 0.166. The van der Waals surface area contributed by atoms with Crippen LogP contribution in [0.5, 0.6) is 0 Å². The van der Waals surface area contributed by atoms with E-state index in [0.29, 0.717) is 13.0 Å². The number of amides is 1. The number of aliphatic hydroxyl groups excluding tert-OH is 1. The fourth-order valence-corrected chi connectivity index (χ4v) is 1.83. The second kappa shape index (κ2) is 6.41. The lowest BCUT2D eigenvalue weighted by Crippen LogP contribution is -2.25. The summed E-state index contributed by atoms with van der Waals surface area (Å²) in [6.07, 6.45) is -0.161. The second-order valence-corrected chi connectivity index (χ2v) is 4.45. The van der Waals surface area contributed by atoms with Gasteiger partial charge in [0.05, 0.1) is 6.10 Å². The average Bonchev–Trinajstić information content (AvgIpc) is 2.86. The van der Waals surface area contributed by atoms with Crippen LogP contribution in [0.2, 0.25) is 5.22 Å². The van der Waals surface area contributed by atoms with Gasteiger partial charge >= 0.3 is 0 Å². The third-order valence-electron chi connectivity index (χ3n) is 2.68. The van der Waals surface area contributed by atoms with Crippen molar-refractivity contribution >= 4 is 17.5 Å². The van der Waals surface area contributed by atoms with Gasteiger partial charge in [0, 0.05) is 6.54 Å². The molecule has 5 heteroatoms. The monoisotopic (exact) mass is 279 g/mol. The Bertz CT molecular complexity index is 539. The molecule has 0 aliphatic carbocycles. The zero-order chi connectivity index (χ0) is 13.7. The van der Waals surface area contributed by atoms with E-state index in [-0.39, 0.29) is 16.9 Å². The van der Waals surface area contributed by atoms with Crippen LogP contribution in [0.4, 0.5) is 0 Å². The molecule has 1 unspecified atom stereocenters. The largest absolute Gasteiger partial charge is 0.440 e. The number of benzene rings is 1. The van der Waals surface area contributed by atoms with E-state index < -0.39 is 6.10 Å². The maximum atomic E-state index is 11.6. The highest BCUT2D eigenvalue weighted by molar-refractivity contribution is 6.29. The first-order valence-electron chi connectivity index (χ1n) is 5.93. The first-order valence-corrected chi connectivity index (χ1v) is 6.31. The molecule has 2 rings (SSSR count). The van der Waals surface area contributed by atoms with E-state index in [0.717, 1.165) is 5.56 Å². The van der Waals surface area contributed by atoms with E-state index in [1.54, 1.807) is 0 Å². The quantitative estimate of drug-likeness (QED) is 0.885. The fourth-order valence-electron chi connectivity index (χ4n) is 1.69. The van der Waals surface area contributed by atoms with Gasteiger partial charge in [0.2, 0.25) is 0 Å². The van der Waals surface area contributed by atoms with Crippen molar-refractivity contribution in [3.05, 3.63) is 59.0 Å². The predicted octanol–water partition coefficient (Wildman–Crippen LogP) is 2.79. The fraction of sp³-hybridized carbons (Fsp3) is 0.214. The summed E-state index contributed by atoms with van der Waals surface area (Å²) in [5.74, 6) is -0.175. The van der Waals surface area contributed by atoms with Crippen LogP contribution in [0.15, 0.2) is 46.9 Å². The molecule has 100 valence electrons. The van der Waals surface area contributed by atoms with Gasteiger partial charge < -0.3 is 14.8 Å². The molecule has 19 heavy (non-hydrogen) atoms. The zero-order valence-corrected chi connectivity index (χ0v) is 10.9. The number of hydrogen-bond acceptors (Lipinski definition) is 3. The molecule has 2 N–H and O–H groups in total. The van der Waals surface area contributed by atoms with Crippen LogP contribution in [0.3, 0.4) is 0 Å². The zero-order valence-electron chi connectivity index (χ0n) is 10.2. The van der Waals surface area contributed by atoms with Crippen molar-refractivity contribution < 1.29 is 14.3 Å². The van der Waals surface area contributed by atoms with Crippen molar-refractivity contribution in [2.75, 3.05) is 6.54 Å². The Labute approximate surface area is 116 Å². The molecule has 0 spiro atoms. The van der Waals surface area contributed by atoms with Crippen LogP contribution in [-0.2, 0) is 0 Å². The maximum Gasteiger partial charge on any atom is 0.287 e. The topological polar surface area (TPSA) is 62.5 Å². The van der Waals surface area contributed by atoms with Crippen molar-refractivity contribution in [3.8, 4) is 0 Å². The Morgan fingerprint density at radius 1 is 1.26 bits per heavy atom. The van der Waals surface area contributed by atoms with E-state index in [9.17, 15) is 9.90 Å². The highest BCUT2D eigenvalue weighted by Gasteiger charge is 2.11. The van der Waals surface area contributed by atoms with Gasteiger partial charge in [0.1, 0.15) is 0 Å². The van der Waals surface area contributed by atoms with Gasteiger partial charge in [-0.1, -0.05) is 30.3 Å². The third kappa shape index (κ3) is 3.84. The van der Waals surface area contributed by atoms with Gasteiger partial charge in [-0.3, -0.25) is 4.79 Å². The molecule has 0 aliphatic rings. The lowest BCUT2D eigenvalue weighted by Gasteiger charge is -2.10. The average molecular weight is 280 g/mol. The normalized spacial score (nSPS) is 12.1. The number of furan rings is 1. The Kier molecular flexibility index (Phi) is 4.60. The van der Waals surface area contributed by atoms with Crippen molar-refractivity contribution in [2.24, 2.45) is 0 Å². The minimum atomic E-state index is -0.596. The molecule has 1 heterocycles. The summed E-state index contributed by atoms with van der Waals surface area (Å²) in [6, 6.07) is 12.3. The third-order valence-corrected chi connectivity index (χ3v) is 2.89. The number of hydrogen-bond donors (Lipinski definition) is 2. The van der Waals surface area contributed by atoms with Gasteiger partial charge in [-0.15, -0.1) is 0 Å². The molecule has 4 nitrogen and oxygen atoms in total. The molecule has 1 aromatic carbocycles. The SMILES string of the molecule is O=C(NCCC(O)c1ccccc1)c1ccc(Cl)o1. The molecule has 0 saturated carbocycles. The van der Waals surface area contributed by atoms with E-state index in [1.807, 2.05) is 30.3 Å². The summed E-state index contributed by atoms with van der Waals surface area (Å²) in [5, 5.41) is 12.7. The standard InChI is InChI=1S/C14H14ClNO3/c15-13-7-6-12(19-13)14(18)16-9-8-11(17)10-4-2-1-3-5-10/h1-7,11,17H,8-9H2,(H,16,18). The van der Waals surface area contributed by atoms with Crippen LogP contribution >= 0.6 is 11.6 Å². The lowest BCUT2D eigenvalue weighted by molar-refractivity contribution is 0.0915. The Morgan fingerprint density at radius 2 is 2.00 bits per heavy atom. The minimum Gasteiger partial charge on any atom is -0.440 e. The Balaban J connectivity index is 1.79. The summed E-state index contributed by atoms with van der Waals surface area (Å²) < 4.78 is 4.98. The van der Waals surface area contributed by atoms with Crippen molar-refractivity contribution in [3.63, 3.8) is 0 Å². The molecular weight excluding hydrogens is 266 g/mol. The van der Waals surface area contributed by atoms with E-state index in [2.05, 4.69) is 5.32 Å². The van der Waals surface area contributed by atoms with Crippen molar-refractivity contribution in [2.45, 2.75) is 12.5 Å². The van der Waals surface area contributed by atoms with Crippen molar-refractivity contribution in [1.82, 2.24) is 5.32 Å². The van der Waals surface area contributed by atoms with Gasteiger partial charge in [-0.2, -0.15) is 0 Å². The molecule has 2 aromatic rings. The first-order chi connectivity index (χ1) is 9.16. The van der Waals surface area contributed by atoms with Gasteiger partial charge in [0.15, 0.2) is 11.0 Å². The van der Waals surface area contributed by atoms with Crippen LogP contribution in [0, 0.1) is 0 Å². The number of rotatable bonds is 5. The van der Waals surface area contributed by atoms with Gasteiger partial charge in [-0.05, 0) is 35.7 Å². The Hall–Kier alpha value is -1.78. The number of aliphatic hydroxyl groups is 1. The number of nitrogens with one attached hydrogen (secondary N) is 1. The summed E-state index contributed by atoms with van der Waals surface area (Å²) in [7, 11) is 0. The highest BCUT2D eigenvalue weighted by atomic mass is 35.5. The molecule has 0 fully saturated rings. The molecule has 0 saturated heterocycles. The van der Waals surface area contributed by atoms with Crippen LogP contribution < -0.4 is 5.32 Å². The number of halogens is 1. The predicted molar refractivity (Wildman–Crippen MR) is 72.1 cm³/mol. The molecule has 0 radical (unpaired) electrons. The molecular formula is C14H14ClNO3. The molecule has 0 bridgehead atoms. The maximum absolute atomic E-state index is 11.6. The smallest absolute Gasteiger partial charge is 0.287 e. The van der Waals surface area contributed by atoms with E-state index in [1.165, 1.54) is 12.1 Å². The summed E-state index contributed by atoms with van der Waals surface area (Å²) in [5.41, 5.74) is 0.831. The Morgan fingerprint density at radius 3 is 2.63 bits per heavy atom. The summed E-state index contributed by atoms with van der Waals surface area (Å²) in [4.78, 5) is 11.6. The number of carbonyl (C=O) groups is 1. The first kappa shape index (κ1) is 13.6. The molecule has 0 aliphatic heterocycles. The highest BCUT2D eigenvalue weighted by Crippen LogP contribution is 2.15. The number of carbonyl (C=O) groups excluding carboxylic acids is 1. The molecule has 1 amide bonds. The summed E-state index contributed by atoms with van der Waals surface area (Å²) in [6.45, 7) is 0.354. The molecule has 1 atom stereocenters.